The van der Waals surface area contributed by atoms with Crippen molar-refractivity contribution in [3.8, 4) is 12.3 Å². The molecule has 9 atom stereocenters. The highest BCUT2D eigenvalue weighted by Gasteiger charge is 2.72. The number of esters is 1. The molecule has 0 saturated heterocycles. The number of ether oxygens (including phenoxy) is 1. The lowest BCUT2D eigenvalue weighted by molar-refractivity contribution is -0.229. The largest absolute Gasteiger partial charge is 0.452 e. The second kappa shape index (κ2) is 9.01. The molecule has 0 bridgehead atoms. The van der Waals surface area contributed by atoms with Crippen molar-refractivity contribution in [2.24, 2.45) is 51.2 Å². The van der Waals surface area contributed by atoms with E-state index in [0.29, 0.717) is 23.3 Å². The first-order valence-electron chi connectivity index (χ1n) is 15.5. The van der Waals surface area contributed by atoms with Gasteiger partial charge < -0.3 is 4.74 Å². The van der Waals surface area contributed by atoms with E-state index in [1.165, 1.54) is 24.2 Å². The number of aromatic nitrogens is 2. The smallest absolute Gasteiger partial charge is 0.313 e. The van der Waals surface area contributed by atoms with Gasteiger partial charge >= 0.3 is 5.97 Å². The molecule has 1 aromatic rings. The fourth-order valence-corrected chi connectivity index (χ4v) is 12.1. The number of carbonyl (C=O) groups is 2. The Balaban J connectivity index is 1.42. The van der Waals surface area contributed by atoms with Crippen LogP contribution in [0.15, 0.2) is 24.5 Å². The van der Waals surface area contributed by atoms with E-state index in [9.17, 15) is 9.59 Å². The first kappa shape index (κ1) is 27.7. The van der Waals surface area contributed by atoms with Gasteiger partial charge in [-0.2, -0.15) is 0 Å². The monoisotopic (exact) mass is 542 g/mol. The Morgan fingerprint density at radius 3 is 2.50 bits per heavy atom. The number of rotatable bonds is 4. The fourth-order valence-electron chi connectivity index (χ4n) is 12.1. The second-order valence-corrected chi connectivity index (χ2v) is 15.2. The van der Waals surface area contributed by atoms with E-state index in [2.05, 4.69) is 47.1 Å². The fraction of sp³-hybridized carbons (Fsp3) is 0.714. The van der Waals surface area contributed by atoms with Crippen molar-refractivity contribution < 1.29 is 14.3 Å². The van der Waals surface area contributed by atoms with Crippen molar-refractivity contribution in [1.82, 2.24) is 9.97 Å². The van der Waals surface area contributed by atoms with Gasteiger partial charge in [-0.15, -0.1) is 6.42 Å². The second-order valence-electron chi connectivity index (χ2n) is 15.2. The maximum Gasteiger partial charge on any atom is 0.313 e. The Hall–Kier alpha value is -2.48. The highest BCUT2D eigenvalue weighted by molar-refractivity contribution is 5.80. The average molecular weight is 543 g/mol. The van der Waals surface area contributed by atoms with Crippen LogP contribution in [0.3, 0.4) is 0 Å². The summed E-state index contributed by atoms with van der Waals surface area (Å²) in [6.45, 7) is 16.7. The van der Waals surface area contributed by atoms with E-state index in [4.69, 9.17) is 21.1 Å². The van der Waals surface area contributed by atoms with Gasteiger partial charge in [0.05, 0.1) is 16.8 Å². The number of terminal acetylenes is 1. The predicted octanol–water partition coefficient (Wildman–Crippen LogP) is 6.50. The van der Waals surface area contributed by atoms with Crippen LogP contribution < -0.4 is 0 Å². The first-order valence-corrected chi connectivity index (χ1v) is 15.5. The molecule has 1 aromatic heterocycles. The van der Waals surface area contributed by atoms with Crippen molar-refractivity contribution >= 4 is 12.3 Å². The topological polar surface area (TPSA) is 69.2 Å². The lowest BCUT2D eigenvalue weighted by Gasteiger charge is -2.72. The summed E-state index contributed by atoms with van der Waals surface area (Å²) in [5.74, 6) is 3.90. The van der Waals surface area contributed by atoms with Crippen LogP contribution in [0.5, 0.6) is 0 Å². The molecule has 5 heteroatoms. The SMILES string of the molecule is C#CCOC(=O)[C@]12CC[C@@H](C(=C)C=O)[C@@H]1[C@H]1CC[C@@H]3[C@@]4(C)Cc5nccnc5C(C)(C)[C@@H]4CC[C@@]3(C)[C@]1(C)CC2. The third-order valence-corrected chi connectivity index (χ3v) is 13.8. The minimum absolute atomic E-state index is 0.00815. The lowest BCUT2D eigenvalue weighted by atomic mass is 9.32. The maximum absolute atomic E-state index is 13.7. The molecule has 0 unspecified atom stereocenters. The van der Waals surface area contributed by atoms with Gasteiger partial charge in [0.25, 0.3) is 0 Å². The normalized spacial score (nSPS) is 44.5. The molecule has 4 saturated carbocycles. The number of carbonyl (C=O) groups excluding carboxylic acids is 2. The summed E-state index contributed by atoms with van der Waals surface area (Å²) in [4.78, 5) is 35.5. The standard InChI is InChI=1S/C35H46N2O3/c1-8-19-40-30(39)35-14-11-23(22(2)21-38)28(35)24-9-10-27-32(5)20-25-29(37-18-17-36-25)31(3,4)26(32)12-13-34(27,7)33(24,6)15-16-35/h1,17-18,21,23-24,26-28H,2,9-16,19-20H2,3-7H3/t23-,24+,26-,27+,28+,32-,33+,34+,35-/m0/s1. The summed E-state index contributed by atoms with van der Waals surface area (Å²) in [6, 6.07) is 0. The quantitative estimate of drug-likeness (QED) is 0.188. The highest BCUT2D eigenvalue weighted by Crippen LogP contribution is 2.77. The summed E-state index contributed by atoms with van der Waals surface area (Å²) in [5, 5.41) is 0. The zero-order valence-corrected chi connectivity index (χ0v) is 25.1. The van der Waals surface area contributed by atoms with E-state index in [1.807, 2.05) is 12.4 Å². The van der Waals surface area contributed by atoms with Gasteiger partial charge in [-0.1, -0.05) is 47.1 Å². The highest BCUT2D eigenvalue weighted by atomic mass is 16.5. The van der Waals surface area contributed by atoms with Gasteiger partial charge in [0.2, 0.25) is 0 Å². The minimum Gasteiger partial charge on any atom is -0.452 e. The van der Waals surface area contributed by atoms with Crippen molar-refractivity contribution in [3.05, 3.63) is 35.9 Å². The molecule has 0 radical (unpaired) electrons. The molecule has 1 heterocycles. The summed E-state index contributed by atoms with van der Waals surface area (Å²) in [7, 11) is 0. The zero-order valence-electron chi connectivity index (χ0n) is 25.1. The van der Waals surface area contributed by atoms with Crippen molar-refractivity contribution in [3.63, 3.8) is 0 Å². The van der Waals surface area contributed by atoms with E-state index >= 15 is 0 Å². The van der Waals surface area contributed by atoms with E-state index in [0.717, 1.165) is 51.2 Å². The molecule has 0 spiro atoms. The van der Waals surface area contributed by atoms with Crippen LogP contribution in [0.1, 0.15) is 97.4 Å². The van der Waals surface area contributed by atoms with Crippen LogP contribution >= 0.6 is 0 Å². The Kier molecular flexibility index (Phi) is 6.23. The van der Waals surface area contributed by atoms with Gasteiger partial charge in [0.1, 0.15) is 6.29 Å². The van der Waals surface area contributed by atoms with Crippen LogP contribution in [0, 0.1) is 63.6 Å². The number of hydrogen-bond donors (Lipinski definition) is 0. The molecule has 0 amide bonds. The van der Waals surface area contributed by atoms with Gasteiger partial charge in [0.15, 0.2) is 6.61 Å². The number of fused-ring (bicyclic) bond motifs is 8. The predicted molar refractivity (Wildman–Crippen MR) is 155 cm³/mol. The average Bonchev–Trinajstić information content (AvgIpc) is 3.32. The number of allylic oxidation sites excluding steroid dienone is 1. The summed E-state index contributed by atoms with van der Waals surface area (Å²) < 4.78 is 5.68. The molecule has 4 fully saturated rings. The third kappa shape index (κ3) is 3.34. The first-order chi connectivity index (χ1) is 18.9. The van der Waals surface area contributed by atoms with Crippen molar-refractivity contribution in [2.45, 2.75) is 97.8 Å². The molecule has 6 rings (SSSR count). The summed E-state index contributed by atoms with van der Waals surface area (Å²) in [5.41, 5.74) is 2.75. The van der Waals surface area contributed by atoms with Crippen molar-refractivity contribution in [2.75, 3.05) is 6.61 Å². The molecular formula is C35H46N2O3. The Labute approximate surface area is 240 Å². The van der Waals surface area contributed by atoms with Gasteiger partial charge in [-0.25, -0.2) is 0 Å². The van der Waals surface area contributed by atoms with Crippen LogP contribution in [-0.4, -0.2) is 28.8 Å². The number of hydrogen-bond acceptors (Lipinski definition) is 5. The van der Waals surface area contributed by atoms with E-state index < -0.39 is 5.41 Å². The molecule has 0 aromatic carbocycles. The number of nitrogens with zero attached hydrogens (tertiary/aromatic N) is 2. The Bertz CT molecular complexity index is 1300. The van der Waals surface area contributed by atoms with Gasteiger partial charge in [-0.05, 0) is 109 Å². The van der Waals surface area contributed by atoms with Crippen molar-refractivity contribution in [1.29, 1.82) is 0 Å². The van der Waals surface area contributed by atoms with E-state index in [1.54, 1.807) is 0 Å². The van der Waals surface area contributed by atoms with Crippen LogP contribution in [-0.2, 0) is 26.2 Å². The molecular weight excluding hydrogens is 496 g/mol. The summed E-state index contributed by atoms with van der Waals surface area (Å²) in [6.07, 6.45) is 19.1. The van der Waals surface area contributed by atoms with Gasteiger partial charge in [-0.3, -0.25) is 19.6 Å². The molecule has 214 valence electrons. The van der Waals surface area contributed by atoms with E-state index in [-0.39, 0.29) is 46.1 Å². The molecule has 40 heavy (non-hydrogen) atoms. The molecule has 5 aliphatic rings. The zero-order chi connectivity index (χ0) is 28.7. The van der Waals surface area contributed by atoms with Crippen LogP contribution in [0.4, 0.5) is 0 Å². The third-order valence-electron chi connectivity index (χ3n) is 13.8. The van der Waals surface area contributed by atoms with Gasteiger partial charge in [0, 0.05) is 17.8 Å². The number of aldehydes is 1. The van der Waals surface area contributed by atoms with Crippen LogP contribution in [0.2, 0.25) is 0 Å². The Morgan fingerprint density at radius 1 is 1.02 bits per heavy atom. The molecule has 5 aliphatic carbocycles. The minimum atomic E-state index is -0.566. The Morgan fingerprint density at radius 2 is 1.77 bits per heavy atom. The molecule has 5 nitrogen and oxygen atoms in total. The van der Waals surface area contributed by atoms with Crippen LogP contribution in [0.25, 0.3) is 0 Å². The summed E-state index contributed by atoms with van der Waals surface area (Å²) >= 11 is 0. The molecule has 0 N–H and O–H groups in total. The maximum atomic E-state index is 13.7. The molecule has 0 aliphatic heterocycles. The lowest BCUT2D eigenvalue weighted by Crippen LogP contribution is -2.67.